The molecule has 31 heavy (non-hydrogen) atoms. The molecule has 0 aliphatic carbocycles. The molecule has 0 saturated carbocycles. The molecule has 6 aromatic rings. The molecule has 0 radical (unpaired) electrons. The molecule has 0 spiro atoms. The summed E-state index contributed by atoms with van der Waals surface area (Å²) in [6.07, 6.45) is 0.850. The van der Waals surface area contributed by atoms with Crippen molar-refractivity contribution >= 4 is 21.8 Å². The number of benzene rings is 4. The summed E-state index contributed by atoms with van der Waals surface area (Å²) in [5, 5.41) is 2.57. The molecule has 0 bridgehead atoms. The summed E-state index contributed by atoms with van der Waals surface area (Å²) in [4.78, 5) is 7.38. The number of rotatable bonds is 4. The molecule has 0 aliphatic rings. The molecule has 2 nitrogen and oxygen atoms in total. The van der Waals surface area contributed by atoms with Crippen molar-refractivity contribution < 1.29 is 0 Å². The van der Waals surface area contributed by atoms with Crippen LogP contribution in [0.2, 0.25) is 0 Å². The second kappa shape index (κ2) is 7.33. The van der Waals surface area contributed by atoms with Crippen LogP contribution in [0, 0.1) is 0 Å². The number of aromatic amines is 2. The Labute approximate surface area is 181 Å². The number of fused-ring (bicyclic) bond motifs is 2. The summed E-state index contributed by atoms with van der Waals surface area (Å²) in [5.41, 5.74) is 9.86. The molecular weight excluding hydrogens is 376 g/mol. The normalized spacial score (nSPS) is 11.4. The topological polar surface area (TPSA) is 31.6 Å². The van der Waals surface area contributed by atoms with Crippen molar-refractivity contribution in [3.63, 3.8) is 0 Å². The van der Waals surface area contributed by atoms with Crippen LogP contribution in [0.3, 0.4) is 0 Å². The zero-order valence-corrected chi connectivity index (χ0v) is 17.1. The Morgan fingerprint density at radius 3 is 1.26 bits per heavy atom. The summed E-state index contributed by atoms with van der Waals surface area (Å²) in [6, 6.07) is 38.5. The van der Waals surface area contributed by atoms with Gasteiger partial charge in [0.25, 0.3) is 0 Å². The maximum absolute atomic E-state index is 3.69. The standard InChI is InChI=1S/C29H22N2/c1-3-11-20(12-4-1)28-24(22-15-7-9-17-26(22)30-28)19-25-23-16-8-10-18-27(23)31-29(25)21-13-5-2-6-14-21/h1-18,30-31H,19H2. The van der Waals surface area contributed by atoms with Gasteiger partial charge >= 0.3 is 0 Å². The summed E-state index contributed by atoms with van der Waals surface area (Å²) in [7, 11) is 0. The maximum atomic E-state index is 3.69. The molecule has 2 heterocycles. The monoisotopic (exact) mass is 398 g/mol. The zero-order valence-electron chi connectivity index (χ0n) is 17.1. The smallest absolute Gasteiger partial charge is 0.0500 e. The van der Waals surface area contributed by atoms with E-state index in [0.717, 1.165) is 6.42 Å². The number of nitrogens with one attached hydrogen (secondary N) is 2. The van der Waals surface area contributed by atoms with E-state index in [-0.39, 0.29) is 0 Å². The van der Waals surface area contributed by atoms with Gasteiger partial charge in [-0.15, -0.1) is 0 Å². The van der Waals surface area contributed by atoms with Crippen molar-refractivity contribution in [1.82, 2.24) is 9.97 Å². The van der Waals surface area contributed by atoms with Crippen molar-refractivity contribution in [1.29, 1.82) is 0 Å². The van der Waals surface area contributed by atoms with E-state index in [4.69, 9.17) is 0 Å². The molecule has 2 aromatic heterocycles. The molecule has 0 unspecified atom stereocenters. The first kappa shape index (κ1) is 17.8. The molecule has 148 valence electrons. The van der Waals surface area contributed by atoms with Gasteiger partial charge < -0.3 is 9.97 Å². The van der Waals surface area contributed by atoms with Crippen LogP contribution in [0.25, 0.3) is 44.3 Å². The Morgan fingerprint density at radius 2 is 0.806 bits per heavy atom. The van der Waals surface area contributed by atoms with E-state index in [1.165, 1.54) is 55.4 Å². The second-order valence-corrected chi connectivity index (χ2v) is 7.96. The summed E-state index contributed by atoms with van der Waals surface area (Å²) in [5.74, 6) is 0. The highest BCUT2D eigenvalue weighted by Gasteiger charge is 2.19. The number of H-pyrrole nitrogens is 2. The molecule has 4 aromatic carbocycles. The molecule has 0 saturated heterocycles. The highest BCUT2D eigenvalue weighted by atomic mass is 14.7. The van der Waals surface area contributed by atoms with Gasteiger partial charge in [0.05, 0.1) is 11.4 Å². The van der Waals surface area contributed by atoms with Crippen LogP contribution in [0.4, 0.5) is 0 Å². The van der Waals surface area contributed by atoms with E-state index in [0.29, 0.717) is 0 Å². The third-order valence-electron chi connectivity index (χ3n) is 6.11. The van der Waals surface area contributed by atoms with Crippen LogP contribution in [0.5, 0.6) is 0 Å². The van der Waals surface area contributed by atoms with E-state index in [9.17, 15) is 0 Å². The highest BCUT2D eigenvalue weighted by molar-refractivity contribution is 5.95. The molecule has 0 amide bonds. The predicted octanol–water partition coefficient (Wildman–Crippen LogP) is 7.57. The van der Waals surface area contributed by atoms with E-state index in [1.807, 2.05) is 0 Å². The average molecular weight is 399 g/mol. The quantitative estimate of drug-likeness (QED) is 0.307. The first-order valence-corrected chi connectivity index (χ1v) is 10.7. The van der Waals surface area contributed by atoms with Crippen LogP contribution >= 0.6 is 0 Å². The lowest BCUT2D eigenvalue weighted by Crippen LogP contribution is -1.93. The zero-order chi connectivity index (χ0) is 20.6. The van der Waals surface area contributed by atoms with Gasteiger partial charge in [-0.2, -0.15) is 0 Å². The van der Waals surface area contributed by atoms with Crippen LogP contribution in [0.1, 0.15) is 11.1 Å². The number of aromatic nitrogens is 2. The number of hydrogen-bond acceptors (Lipinski definition) is 0. The van der Waals surface area contributed by atoms with Gasteiger partial charge in [-0.3, -0.25) is 0 Å². The van der Waals surface area contributed by atoms with Crippen LogP contribution in [0.15, 0.2) is 109 Å². The molecule has 2 N–H and O–H groups in total. The maximum Gasteiger partial charge on any atom is 0.0500 e. The lowest BCUT2D eigenvalue weighted by molar-refractivity contribution is 1.22. The second-order valence-electron chi connectivity index (χ2n) is 7.96. The highest BCUT2D eigenvalue weighted by Crippen LogP contribution is 2.37. The van der Waals surface area contributed by atoms with Crippen molar-refractivity contribution in [2.75, 3.05) is 0 Å². The van der Waals surface area contributed by atoms with Crippen LogP contribution < -0.4 is 0 Å². The predicted molar refractivity (Wildman–Crippen MR) is 130 cm³/mol. The van der Waals surface area contributed by atoms with Crippen molar-refractivity contribution in [3.05, 3.63) is 120 Å². The number of para-hydroxylation sites is 2. The lowest BCUT2D eigenvalue weighted by atomic mass is 9.95. The minimum Gasteiger partial charge on any atom is -0.354 e. The third kappa shape index (κ3) is 3.04. The van der Waals surface area contributed by atoms with E-state index in [2.05, 4.69) is 119 Å². The van der Waals surface area contributed by atoms with Crippen LogP contribution in [-0.2, 0) is 6.42 Å². The van der Waals surface area contributed by atoms with Gasteiger partial charge in [0.2, 0.25) is 0 Å². The molecule has 0 atom stereocenters. The van der Waals surface area contributed by atoms with Gasteiger partial charge in [-0.25, -0.2) is 0 Å². The first-order chi connectivity index (χ1) is 15.4. The van der Waals surface area contributed by atoms with Gasteiger partial charge in [0, 0.05) is 28.2 Å². The molecular formula is C29H22N2. The van der Waals surface area contributed by atoms with Gasteiger partial charge in [0.1, 0.15) is 0 Å². The Hall–Kier alpha value is -4.04. The average Bonchev–Trinajstić information content (AvgIpc) is 3.40. The summed E-state index contributed by atoms with van der Waals surface area (Å²) >= 11 is 0. The Balaban J connectivity index is 1.60. The van der Waals surface area contributed by atoms with Crippen molar-refractivity contribution in [2.24, 2.45) is 0 Å². The van der Waals surface area contributed by atoms with Gasteiger partial charge in [-0.05, 0) is 34.4 Å². The number of hydrogen-bond donors (Lipinski definition) is 2. The molecule has 6 rings (SSSR count). The molecule has 0 fully saturated rings. The Morgan fingerprint density at radius 1 is 0.419 bits per heavy atom. The third-order valence-corrected chi connectivity index (χ3v) is 6.11. The van der Waals surface area contributed by atoms with Crippen molar-refractivity contribution in [2.45, 2.75) is 6.42 Å². The lowest BCUT2D eigenvalue weighted by Gasteiger charge is -2.09. The van der Waals surface area contributed by atoms with Crippen LogP contribution in [-0.4, -0.2) is 9.97 Å². The van der Waals surface area contributed by atoms with E-state index < -0.39 is 0 Å². The minimum atomic E-state index is 0.850. The van der Waals surface area contributed by atoms with Gasteiger partial charge in [0.15, 0.2) is 0 Å². The minimum absolute atomic E-state index is 0.850. The Kier molecular flexibility index (Phi) is 4.21. The summed E-state index contributed by atoms with van der Waals surface area (Å²) < 4.78 is 0. The molecule has 2 heteroatoms. The van der Waals surface area contributed by atoms with E-state index in [1.54, 1.807) is 0 Å². The van der Waals surface area contributed by atoms with E-state index >= 15 is 0 Å². The Bertz CT molecular complexity index is 1370. The van der Waals surface area contributed by atoms with Crippen molar-refractivity contribution in [3.8, 4) is 22.5 Å². The fourth-order valence-electron chi connectivity index (χ4n) is 4.65. The SMILES string of the molecule is c1ccc(-c2[nH]c3ccccc3c2Cc2c(-c3ccccc3)[nH]c3ccccc23)cc1. The fraction of sp³-hybridized carbons (Fsp3) is 0.0345. The fourth-order valence-corrected chi connectivity index (χ4v) is 4.65. The summed E-state index contributed by atoms with van der Waals surface area (Å²) in [6.45, 7) is 0. The largest absolute Gasteiger partial charge is 0.354 e. The van der Waals surface area contributed by atoms with Gasteiger partial charge in [-0.1, -0.05) is 97.1 Å². The molecule has 0 aliphatic heterocycles. The first-order valence-electron chi connectivity index (χ1n) is 10.7.